The van der Waals surface area contributed by atoms with Crippen LogP contribution in [0.2, 0.25) is 0 Å². The van der Waals surface area contributed by atoms with Crippen molar-refractivity contribution in [3.63, 3.8) is 0 Å². The Morgan fingerprint density at radius 3 is 2.75 bits per heavy atom. The minimum Gasteiger partial charge on any atom is -0.507 e. The molecule has 1 aromatic carbocycles. The molecule has 0 fully saturated rings. The van der Waals surface area contributed by atoms with Gasteiger partial charge in [-0.3, -0.25) is 4.79 Å². The van der Waals surface area contributed by atoms with Gasteiger partial charge in [-0.15, -0.1) is 0 Å². The molecule has 0 unspecified atom stereocenters. The Balaban J connectivity index is 2.68. The van der Waals surface area contributed by atoms with E-state index in [0.717, 1.165) is 0 Å². The molecular weight excluding hydrogens is 210 g/mol. The molecule has 88 valence electrons. The van der Waals surface area contributed by atoms with Gasteiger partial charge in [0, 0.05) is 19.7 Å². The van der Waals surface area contributed by atoms with Crippen LogP contribution in [0, 0.1) is 0 Å². The highest BCUT2D eigenvalue weighted by Gasteiger charge is 2.10. The van der Waals surface area contributed by atoms with Crippen molar-refractivity contribution in [2.75, 3.05) is 27.4 Å². The number of hydrogen-bond acceptors (Lipinski definition) is 4. The molecule has 0 radical (unpaired) electrons. The molecule has 2 N–H and O–H groups in total. The molecule has 0 heterocycles. The van der Waals surface area contributed by atoms with Gasteiger partial charge in [0.05, 0.1) is 19.3 Å². The number of amides is 1. The average molecular weight is 225 g/mol. The lowest BCUT2D eigenvalue weighted by Gasteiger charge is -2.07. The van der Waals surface area contributed by atoms with Crippen LogP contribution in [0.1, 0.15) is 10.4 Å². The van der Waals surface area contributed by atoms with Gasteiger partial charge >= 0.3 is 0 Å². The maximum atomic E-state index is 11.6. The standard InChI is InChI=1S/C11H15NO4/c1-15-6-5-12-11(14)9-4-3-8(16-2)7-10(9)13/h3-4,7,13H,5-6H2,1-2H3,(H,12,14). The van der Waals surface area contributed by atoms with E-state index >= 15 is 0 Å². The highest BCUT2D eigenvalue weighted by atomic mass is 16.5. The van der Waals surface area contributed by atoms with Crippen LogP contribution in [0.15, 0.2) is 18.2 Å². The molecule has 0 atom stereocenters. The molecular formula is C11H15NO4. The number of benzene rings is 1. The van der Waals surface area contributed by atoms with Crippen LogP contribution in [-0.4, -0.2) is 38.4 Å². The quantitative estimate of drug-likeness (QED) is 0.726. The van der Waals surface area contributed by atoms with Crippen molar-refractivity contribution in [3.8, 4) is 11.5 Å². The molecule has 0 aliphatic rings. The molecule has 0 spiro atoms. The van der Waals surface area contributed by atoms with Crippen LogP contribution in [-0.2, 0) is 4.74 Å². The monoisotopic (exact) mass is 225 g/mol. The number of carbonyl (C=O) groups is 1. The number of hydrogen-bond donors (Lipinski definition) is 2. The topological polar surface area (TPSA) is 67.8 Å². The Kier molecular flexibility index (Phi) is 4.60. The maximum Gasteiger partial charge on any atom is 0.255 e. The fraction of sp³-hybridized carbons (Fsp3) is 0.364. The van der Waals surface area contributed by atoms with Gasteiger partial charge in [-0.25, -0.2) is 0 Å². The van der Waals surface area contributed by atoms with Crippen LogP contribution >= 0.6 is 0 Å². The van der Waals surface area contributed by atoms with Crippen molar-refractivity contribution in [3.05, 3.63) is 23.8 Å². The van der Waals surface area contributed by atoms with E-state index in [2.05, 4.69) is 5.32 Å². The summed E-state index contributed by atoms with van der Waals surface area (Å²) in [6.45, 7) is 0.837. The minimum absolute atomic E-state index is 0.103. The Hall–Kier alpha value is -1.75. The van der Waals surface area contributed by atoms with Gasteiger partial charge in [-0.2, -0.15) is 0 Å². The number of ether oxygens (including phenoxy) is 2. The summed E-state index contributed by atoms with van der Waals surface area (Å²) in [4.78, 5) is 11.6. The first kappa shape index (κ1) is 12.3. The van der Waals surface area contributed by atoms with Crippen molar-refractivity contribution in [2.24, 2.45) is 0 Å². The summed E-state index contributed by atoms with van der Waals surface area (Å²) in [7, 11) is 3.05. The molecule has 1 amide bonds. The summed E-state index contributed by atoms with van der Waals surface area (Å²) < 4.78 is 9.71. The van der Waals surface area contributed by atoms with Gasteiger partial charge < -0.3 is 19.9 Å². The zero-order valence-electron chi connectivity index (χ0n) is 9.32. The molecule has 0 aromatic heterocycles. The molecule has 0 bridgehead atoms. The van der Waals surface area contributed by atoms with Crippen molar-refractivity contribution in [2.45, 2.75) is 0 Å². The van der Waals surface area contributed by atoms with Gasteiger partial charge in [0.2, 0.25) is 0 Å². The Bertz CT molecular complexity index is 365. The number of methoxy groups -OCH3 is 2. The molecule has 0 saturated heterocycles. The summed E-state index contributed by atoms with van der Waals surface area (Å²) in [6, 6.07) is 4.52. The smallest absolute Gasteiger partial charge is 0.255 e. The van der Waals surface area contributed by atoms with E-state index in [1.165, 1.54) is 19.2 Å². The lowest BCUT2D eigenvalue weighted by Crippen LogP contribution is -2.26. The molecule has 16 heavy (non-hydrogen) atoms. The second kappa shape index (κ2) is 5.97. The Morgan fingerprint density at radius 1 is 1.44 bits per heavy atom. The minimum atomic E-state index is -0.336. The third-order valence-corrected chi connectivity index (χ3v) is 2.04. The highest BCUT2D eigenvalue weighted by Crippen LogP contribution is 2.22. The number of carbonyl (C=O) groups excluding carboxylic acids is 1. The second-order valence-corrected chi connectivity index (χ2v) is 3.13. The number of phenols is 1. The van der Waals surface area contributed by atoms with E-state index in [1.54, 1.807) is 13.2 Å². The number of nitrogens with one attached hydrogen (secondary N) is 1. The summed E-state index contributed by atoms with van der Waals surface area (Å²) in [5.74, 6) is 0.0670. The number of rotatable bonds is 5. The first-order valence-corrected chi connectivity index (χ1v) is 4.83. The average Bonchev–Trinajstić information content (AvgIpc) is 2.29. The van der Waals surface area contributed by atoms with Crippen LogP contribution < -0.4 is 10.1 Å². The molecule has 1 aromatic rings. The van der Waals surface area contributed by atoms with Crippen LogP contribution in [0.25, 0.3) is 0 Å². The molecule has 0 aliphatic carbocycles. The third kappa shape index (κ3) is 3.13. The molecule has 5 heteroatoms. The summed E-state index contributed by atoms with van der Waals surface area (Å²) in [6.07, 6.45) is 0. The van der Waals surface area contributed by atoms with Gasteiger partial charge in [-0.1, -0.05) is 0 Å². The van der Waals surface area contributed by atoms with Crippen molar-refractivity contribution >= 4 is 5.91 Å². The van der Waals surface area contributed by atoms with E-state index in [9.17, 15) is 9.90 Å². The molecule has 1 rings (SSSR count). The SMILES string of the molecule is COCCNC(=O)c1ccc(OC)cc1O. The van der Waals surface area contributed by atoms with Gasteiger partial charge in [0.1, 0.15) is 11.5 Å². The fourth-order valence-corrected chi connectivity index (χ4v) is 1.19. The zero-order chi connectivity index (χ0) is 12.0. The van der Waals surface area contributed by atoms with E-state index in [0.29, 0.717) is 18.9 Å². The van der Waals surface area contributed by atoms with E-state index in [1.807, 2.05) is 0 Å². The summed E-state index contributed by atoms with van der Waals surface area (Å²) in [5.41, 5.74) is 0.219. The lowest BCUT2D eigenvalue weighted by atomic mass is 10.2. The number of phenolic OH excluding ortho intramolecular Hbond substituents is 1. The normalized spacial score (nSPS) is 9.88. The van der Waals surface area contributed by atoms with Crippen molar-refractivity contribution < 1.29 is 19.4 Å². The Morgan fingerprint density at radius 2 is 2.19 bits per heavy atom. The predicted molar refractivity (Wildman–Crippen MR) is 58.9 cm³/mol. The highest BCUT2D eigenvalue weighted by molar-refractivity contribution is 5.96. The van der Waals surface area contributed by atoms with Gasteiger partial charge in [0.25, 0.3) is 5.91 Å². The fourth-order valence-electron chi connectivity index (χ4n) is 1.19. The maximum absolute atomic E-state index is 11.6. The lowest BCUT2D eigenvalue weighted by molar-refractivity contribution is 0.0934. The van der Waals surface area contributed by atoms with Crippen LogP contribution in [0.5, 0.6) is 11.5 Å². The van der Waals surface area contributed by atoms with Gasteiger partial charge in [0.15, 0.2) is 0 Å². The molecule has 5 nitrogen and oxygen atoms in total. The molecule has 0 saturated carbocycles. The first-order valence-electron chi connectivity index (χ1n) is 4.83. The third-order valence-electron chi connectivity index (χ3n) is 2.04. The Labute approximate surface area is 94.0 Å². The zero-order valence-corrected chi connectivity index (χ0v) is 9.32. The van der Waals surface area contributed by atoms with E-state index in [-0.39, 0.29) is 17.2 Å². The second-order valence-electron chi connectivity index (χ2n) is 3.13. The summed E-state index contributed by atoms with van der Waals surface area (Å²) in [5, 5.41) is 12.2. The number of aromatic hydroxyl groups is 1. The predicted octanol–water partition coefficient (Wildman–Crippen LogP) is 0.777. The van der Waals surface area contributed by atoms with E-state index < -0.39 is 0 Å². The van der Waals surface area contributed by atoms with Crippen LogP contribution in [0.4, 0.5) is 0 Å². The van der Waals surface area contributed by atoms with Gasteiger partial charge in [-0.05, 0) is 12.1 Å². The summed E-state index contributed by atoms with van der Waals surface area (Å²) >= 11 is 0. The largest absolute Gasteiger partial charge is 0.507 e. The molecule has 0 aliphatic heterocycles. The van der Waals surface area contributed by atoms with Crippen molar-refractivity contribution in [1.82, 2.24) is 5.32 Å². The first-order chi connectivity index (χ1) is 7.69. The van der Waals surface area contributed by atoms with Crippen LogP contribution in [0.3, 0.4) is 0 Å². The van der Waals surface area contributed by atoms with E-state index in [4.69, 9.17) is 9.47 Å². The van der Waals surface area contributed by atoms with Crippen molar-refractivity contribution in [1.29, 1.82) is 0 Å².